The summed E-state index contributed by atoms with van der Waals surface area (Å²) in [5.41, 5.74) is 4.08. The standard InChI is InChI=1S/C36H50N4O7/c1-5-6-9-19-30(23-33(42)38-47-25-29-17-12-8-13-18-29)35(44)40-32(34(43)37-31(27(4)41)22-26(2)3)20-14-21-39(40)36(45)46-24-28-15-10-7-11-16-28/h7-8,10-13,15-18,26,30-32H,5-6,9,14,19-25H2,1-4H3,(H,37,43)(H,38,42)/t30-,31+,32+/m1/s1. The molecule has 0 spiro atoms. The van der Waals surface area contributed by atoms with Crippen LogP contribution >= 0.6 is 0 Å². The van der Waals surface area contributed by atoms with E-state index in [0.29, 0.717) is 25.7 Å². The van der Waals surface area contributed by atoms with Crippen LogP contribution in [0.2, 0.25) is 0 Å². The highest BCUT2D eigenvalue weighted by molar-refractivity contribution is 5.94. The van der Waals surface area contributed by atoms with Crippen LogP contribution in [0.1, 0.15) is 90.2 Å². The molecule has 0 aliphatic carbocycles. The van der Waals surface area contributed by atoms with Crippen molar-refractivity contribution in [2.24, 2.45) is 11.8 Å². The number of nitrogens with one attached hydrogen (secondary N) is 2. The van der Waals surface area contributed by atoms with Gasteiger partial charge >= 0.3 is 6.09 Å². The number of nitrogens with zero attached hydrogens (tertiary/aromatic N) is 2. The number of ketones is 1. The van der Waals surface area contributed by atoms with Crippen LogP contribution in [0.5, 0.6) is 0 Å². The zero-order valence-electron chi connectivity index (χ0n) is 28.1. The summed E-state index contributed by atoms with van der Waals surface area (Å²) in [5.74, 6) is -2.42. The Balaban J connectivity index is 1.85. The molecule has 2 aromatic carbocycles. The molecule has 3 atom stereocenters. The first-order valence-corrected chi connectivity index (χ1v) is 16.7. The minimum absolute atomic E-state index is 0.0169. The zero-order chi connectivity index (χ0) is 34.2. The van der Waals surface area contributed by atoms with Gasteiger partial charge in [-0.1, -0.05) is 101 Å². The van der Waals surface area contributed by atoms with Gasteiger partial charge in [-0.25, -0.2) is 20.3 Å². The SMILES string of the molecule is CCCCC[C@H](CC(=O)NOCc1ccccc1)C(=O)N1[C@H](C(=O)N[C@@H](CC(C)C)C(C)=O)CCCN1C(=O)OCc1ccccc1. The Morgan fingerprint density at radius 3 is 2.15 bits per heavy atom. The molecule has 3 rings (SSSR count). The van der Waals surface area contributed by atoms with Crippen molar-refractivity contribution in [2.75, 3.05) is 6.54 Å². The average molecular weight is 651 g/mol. The van der Waals surface area contributed by atoms with Crippen molar-refractivity contribution in [3.63, 3.8) is 0 Å². The van der Waals surface area contributed by atoms with Gasteiger partial charge in [0.15, 0.2) is 5.78 Å². The van der Waals surface area contributed by atoms with Gasteiger partial charge in [0, 0.05) is 18.9 Å². The number of ether oxygens (including phenoxy) is 1. The predicted octanol–water partition coefficient (Wildman–Crippen LogP) is 5.49. The first-order chi connectivity index (χ1) is 22.6. The Bertz CT molecular complexity index is 1300. The van der Waals surface area contributed by atoms with Crippen molar-refractivity contribution in [3.8, 4) is 0 Å². The van der Waals surface area contributed by atoms with E-state index in [9.17, 15) is 24.0 Å². The quantitative estimate of drug-likeness (QED) is 0.171. The van der Waals surface area contributed by atoms with E-state index in [2.05, 4.69) is 10.8 Å². The first kappa shape index (κ1) is 37.2. The Morgan fingerprint density at radius 1 is 0.915 bits per heavy atom. The van der Waals surface area contributed by atoms with Gasteiger partial charge < -0.3 is 10.1 Å². The fourth-order valence-electron chi connectivity index (χ4n) is 5.57. The molecule has 1 saturated heterocycles. The van der Waals surface area contributed by atoms with Crippen LogP contribution < -0.4 is 10.8 Å². The lowest BCUT2D eigenvalue weighted by molar-refractivity contribution is -0.169. The molecule has 0 aromatic heterocycles. The number of hydrogen-bond donors (Lipinski definition) is 2. The Hall–Kier alpha value is -4.25. The van der Waals surface area contributed by atoms with Crippen molar-refractivity contribution in [1.82, 2.24) is 20.8 Å². The van der Waals surface area contributed by atoms with Crippen molar-refractivity contribution < 1.29 is 33.5 Å². The summed E-state index contributed by atoms with van der Waals surface area (Å²) in [6.45, 7) is 7.67. The number of carbonyl (C=O) groups excluding carboxylic acids is 5. The lowest BCUT2D eigenvalue weighted by Crippen LogP contribution is -2.64. The molecule has 256 valence electrons. The molecular formula is C36H50N4O7. The van der Waals surface area contributed by atoms with Crippen LogP contribution in [0.4, 0.5) is 4.79 Å². The smallest absolute Gasteiger partial charge is 0.429 e. The molecule has 1 fully saturated rings. The molecule has 0 radical (unpaired) electrons. The van der Waals surface area contributed by atoms with Crippen LogP contribution in [-0.2, 0) is 42.0 Å². The molecule has 4 amide bonds. The number of hydroxylamine groups is 1. The highest BCUT2D eigenvalue weighted by atomic mass is 16.6. The van der Waals surface area contributed by atoms with Crippen molar-refractivity contribution in [1.29, 1.82) is 0 Å². The number of unbranched alkanes of at least 4 members (excludes halogenated alkanes) is 2. The molecular weight excluding hydrogens is 600 g/mol. The zero-order valence-corrected chi connectivity index (χ0v) is 28.1. The van der Waals surface area contributed by atoms with Gasteiger partial charge in [-0.05, 0) is 49.7 Å². The third-order valence-corrected chi connectivity index (χ3v) is 8.07. The van der Waals surface area contributed by atoms with Gasteiger partial charge in [0.2, 0.25) is 17.7 Å². The molecule has 1 aliphatic heterocycles. The Morgan fingerprint density at radius 2 is 1.55 bits per heavy atom. The largest absolute Gasteiger partial charge is 0.443 e. The maximum atomic E-state index is 14.4. The van der Waals surface area contributed by atoms with Gasteiger partial charge in [0.25, 0.3) is 0 Å². The summed E-state index contributed by atoms with van der Waals surface area (Å²) in [6, 6.07) is 16.7. The highest BCUT2D eigenvalue weighted by Crippen LogP contribution is 2.27. The van der Waals surface area contributed by atoms with Gasteiger partial charge in [-0.2, -0.15) is 0 Å². The number of benzene rings is 2. The first-order valence-electron chi connectivity index (χ1n) is 16.7. The van der Waals surface area contributed by atoms with Gasteiger partial charge in [0.1, 0.15) is 12.6 Å². The van der Waals surface area contributed by atoms with Crippen molar-refractivity contribution in [2.45, 2.75) is 104 Å². The molecule has 47 heavy (non-hydrogen) atoms. The summed E-state index contributed by atoms with van der Waals surface area (Å²) in [4.78, 5) is 72.7. The molecule has 2 aromatic rings. The summed E-state index contributed by atoms with van der Waals surface area (Å²) in [5, 5.41) is 5.19. The summed E-state index contributed by atoms with van der Waals surface area (Å²) in [7, 11) is 0. The number of Topliss-reactive ketones (excluding diaryl/α,β-unsaturated/α-hetero) is 1. The van der Waals surface area contributed by atoms with Crippen molar-refractivity contribution in [3.05, 3.63) is 71.8 Å². The van der Waals surface area contributed by atoms with Gasteiger partial charge in [-0.15, -0.1) is 0 Å². The Labute approximate surface area is 278 Å². The van der Waals surface area contributed by atoms with E-state index in [1.165, 1.54) is 16.9 Å². The van der Waals surface area contributed by atoms with Crippen LogP contribution in [0.15, 0.2) is 60.7 Å². The number of amides is 4. The molecule has 1 aliphatic rings. The van der Waals surface area contributed by atoms with E-state index >= 15 is 0 Å². The normalized spacial score (nSPS) is 15.9. The highest BCUT2D eigenvalue weighted by Gasteiger charge is 2.43. The summed E-state index contributed by atoms with van der Waals surface area (Å²) < 4.78 is 5.61. The average Bonchev–Trinajstić information content (AvgIpc) is 3.06. The van der Waals surface area contributed by atoms with Gasteiger partial charge in [-0.3, -0.25) is 24.0 Å². The van der Waals surface area contributed by atoms with E-state index in [1.807, 2.05) is 81.4 Å². The van der Waals surface area contributed by atoms with E-state index in [-0.39, 0.29) is 44.3 Å². The molecule has 11 nitrogen and oxygen atoms in total. The number of hydrazine groups is 1. The fourth-order valence-corrected chi connectivity index (χ4v) is 5.57. The second-order valence-corrected chi connectivity index (χ2v) is 12.5. The van der Waals surface area contributed by atoms with E-state index in [4.69, 9.17) is 9.57 Å². The van der Waals surface area contributed by atoms with Crippen molar-refractivity contribution >= 4 is 29.6 Å². The van der Waals surface area contributed by atoms with Crippen LogP contribution in [0, 0.1) is 11.8 Å². The summed E-state index contributed by atoms with van der Waals surface area (Å²) in [6.07, 6.45) is 2.99. The third-order valence-electron chi connectivity index (χ3n) is 8.07. The molecule has 1 heterocycles. The lowest BCUT2D eigenvalue weighted by Gasteiger charge is -2.44. The van der Waals surface area contributed by atoms with Gasteiger partial charge in [0.05, 0.1) is 12.6 Å². The predicted molar refractivity (Wildman–Crippen MR) is 177 cm³/mol. The third kappa shape index (κ3) is 12.1. The van der Waals surface area contributed by atoms with E-state index < -0.39 is 41.8 Å². The number of hydrogen-bond acceptors (Lipinski definition) is 7. The minimum Gasteiger partial charge on any atom is -0.443 e. The molecule has 0 saturated carbocycles. The fraction of sp³-hybridized carbons (Fsp3) is 0.528. The number of carbonyl (C=O) groups is 5. The summed E-state index contributed by atoms with van der Waals surface area (Å²) >= 11 is 0. The number of rotatable bonds is 17. The van der Waals surface area contributed by atoms with E-state index in [0.717, 1.165) is 24.0 Å². The molecule has 0 unspecified atom stereocenters. The molecule has 2 N–H and O–H groups in total. The molecule has 0 bridgehead atoms. The molecule has 11 heteroatoms. The lowest BCUT2D eigenvalue weighted by atomic mass is 9.94. The van der Waals surface area contributed by atoms with Crippen LogP contribution in [0.25, 0.3) is 0 Å². The van der Waals surface area contributed by atoms with Crippen LogP contribution in [0.3, 0.4) is 0 Å². The maximum absolute atomic E-state index is 14.4. The topological polar surface area (TPSA) is 134 Å². The van der Waals surface area contributed by atoms with Crippen LogP contribution in [-0.4, -0.2) is 58.2 Å². The minimum atomic E-state index is -1.07. The Kier molecular flexibility index (Phi) is 15.4. The second kappa shape index (κ2) is 19.4. The second-order valence-electron chi connectivity index (χ2n) is 12.5. The van der Waals surface area contributed by atoms with E-state index in [1.54, 1.807) is 0 Å². The maximum Gasteiger partial charge on any atom is 0.429 e. The monoisotopic (exact) mass is 650 g/mol.